The van der Waals surface area contributed by atoms with Gasteiger partial charge in [-0.25, -0.2) is 0 Å². The zero-order valence-corrected chi connectivity index (χ0v) is 20.0. The number of para-hydroxylation sites is 1. The first kappa shape index (κ1) is 18.4. The standard InChI is InChI=1S/C36H22O/c1-2-10-24-21-25(18-17-23(24)9-1)35-28-12-3-5-14-30(28)36(31-15-6-4-13-29(31)35)26-19-20-34-32(22-26)27-11-7-8-16-33(27)37-34/h1-22H/i1D,20D. The topological polar surface area (TPSA) is 13.1 Å². The second kappa shape index (κ2) is 7.81. The maximum atomic E-state index is 8.86. The van der Waals surface area contributed by atoms with Crippen LogP contribution in [0.1, 0.15) is 2.74 Å². The molecule has 0 unspecified atom stereocenters. The summed E-state index contributed by atoms with van der Waals surface area (Å²) in [5.41, 5.74) is 5.92. The van der Waals surface area contributed by atoms with Crippen molar-refractivity contribution in [3.05, 3.63) is 133 Å². The zero-order valence-electron chi connectivity index (χ0n) is 22.0. The van der Waals surface area contributed by atoms with Crippen LogP contribution in [0.5, 0.6) is 0 Å². The van der Waals surface area contributed by atoms with Gasteiger partial charge in [0.2, 0.25) is 0 Å². The van der Waals surface area contributed by atoms with Gasteiger partial charge in [-0.3, -0.25) is 0 Å². The fraction of sp³-hybridized carbons (Fsp3) is 0. The molecule has 0 N–H and O–H groups in total. The summed E-state index contributed by atoms with van der Waals surface area (Å²) < 4.78 is 22.9. The van der Waals surface area contributed by atoms with Gasteiger partial charge in [-0.15, -0.1) is 0 Å². The van der Waals surface area contributed by atoms with Gasteiger partial charge in [-0.05, 0) is 78.8 Å². The second-order valence-corrected chi connectivity index (χ2v) is 9.56. The Morgan fingerprint density at radius 1 is 0.432 bits per heavy atom. The smallest absolute Gasteiger partial charge is 0.135 e. The first-order chi connectivity index (χ1) is 19.2. The van der Waals surface area contributed by atoms with Gasteiger partial charge in [0, 0.05) is 10.8 Å². The summed E-state index contributed by atoms with van der Waals surface area (Å²) in [7, 11) is 0. The fourth-order valence-corrected chi connectivity index (χ4v) is 5.83. The van der Waals surface area contributed by atoms with Gasteiger partial charge in [-0.2, -0.15) is 0 Å². The summed E-state index contributed by atoms with van der Waals surface area (Å²) in [5, 5.41) is 8.84. The van der Waals surface area contributed by atoms with E-state index in [1.54, 1.807) is 0 Å². The second-order valence-electron chi connectivity index (χ2n) is 9.56. The van der Waals surface area contributed by atoms with Crippen molar-refractivity contribution < 1.29 is 7.16 Å². The minimum atomic E-state index is 0.388. The SMILES string of the molecule is [2H]c1ccc2cc(-c3c4ccccc4c(-c4cc([2H])c5oc6ccccc6c5c4)c4ccccc34)ccc2c1. The molecule has 0 radical (unpaired) electrons. The van der Waals surface area contributed by atoms with Crippen molar-refractivity contribution in [2.24, 2.45) is 0 Å². The molecule has 0 saturated carbocycles. The van der Waals surface area contributed by atoms with Crippen LogP contribution < -0.4 is 0 Å². The third kappa shape index (κ3) is 3.04. The van der Waals surface area contributed by atoms with Crippen molar-refractivity contribution >= 4 is 54.3 Å². The van der Waals surface area contributed by atoms with Gasteiger partial charge >= 0.3 is 0 Å². The summed E-state index contributed by atoms with van der Waals surface area (Å²) in [6, 6.07) is 42.5. The van der Waals surface area contributed by atoms with E-state index in [1.807, 2.05) is 42.5 Å². The maximum absolute atomic E-state index is 8.86. The summed E-state index contributed by atoms with van der Waals surface area (Å²) >= 11 is 0. The first-order valence-corrected chi connectivity index (χ1v) is 12.5. The normalized spacial score (nSPS) is 12.5. The number of hydrogen-bond donors (Lipinski definition) is 0. The van der Waals surface area contributed by atoms with Crippen LogP contribution in [0.4, 0.5) is 0 Å². The van der Waals surface area contributed by atoms with E-state index in [0.29, 0.717) is 17.7 Å². The fourth-order valence-electron chi connectivity index (χ4n) is 5.83. The van der Waals surface area contributed by atoms with Crippen LogP contribution in [-0.2, 0) is 0 Å². The summed E-state index contributed by atoms with van der Waals surface area (Å²) in [5.74, 6) is 0. The Bertz CT molecular complexity index is 2200. The van der Waals surface area contributed by atoms with Gasteiger partial charge in [0.25, 0.3) is 0 Å². The van der Waals surface area contributed by atoms with Crippen LogP contribution in [0.2, 0.25) is 0 Å². The predicted molar refractivity (Wildman–Crippen MR) is 157 cm³/mol. The molecule has 8 rings (SSSR count). The lowest BCUT2D eigenvalue weighted by atomic mass is 9.85. The molecule has 37 heavy (non-hydrogen) atoms. The predicted octanol–water partition coefficient (Wildman–Crippen LogP) is 10.4. The molecule has 8 aromatic rings. The summed E-state index contributed by atoms with van der Waals surface area (Å²) in [6.45, 7) is 0. The van der Waals surface area contributed by atoms with Gasteiger partial charge in [-0.1, -0.05) is 109 Å². The molecule has 172 valence electrons. The highest BCUT2D eigenvalue weighted by Crippen LogP contribution is 2.45. The first-order valence-electron chi connectivity index (χ1n) is 13.5. The largest absolute Gasteiger partial charge is 0.456 e. The van der Waals surface area contributed by atoms with Crippen molar-refractivity contribution in [1.82, 2.24) is 0 Å². The highest BCUT2D eigenvalue weighted by Gasteiger charge is 2.17. The molecule has 1 heterocycles. The Hall–Kier alpha value is -4.88. The molecule has 1 aromatic heterocycles. The summed E-state index contributed by atoms with van der Waals surface area (Å²) in [4.78, 5) is 0. The molecule has 0 aliphatic heterocycles. The third-order valence-corrected chi connectivity index (χ3v) is 7.49. The number of furan rings is 1. The van der Waals surface area contributed by atoms with E-state index in [2.05, 4.69) is 78.9 Å². The average molecular weight is 473 g/mol. The van der Waals surface area contributed by atoms with Crippen molar-refractivity contribution in [3.8, 4) is 22.3 Å². The van der Waals surface area contributed by atoms with Crippen LogP contribution in [0.15, 0.2) is 138 Å². The minimum Gasteiger partial charge on any atom is -0.456 e. The molecule has 0 amide bonds. The van der Waals surface area contributed by atoms with Crippen molar-refractivity contribution in [3.63, 3.8) is 0 Å². The van der Waals surface area contributed by atoms with E-state index in [1.165, 1.54) is 16.3 Å². The molecular formula is C36H22O. The molecule has 1 nitrogen and oxygen atoms in total. The third-order valence-electron chi connectivity index (χ3n) is 7.49. The number of rotatable bonds is 2. The Labute approximate surface area is 217 Å². The number of hydrogen-bond acceptors (Lipinski definition) is 1. The molecule has 0 fully saturated rings. The van der Waals surface area contributed by atoms with Gasteiger partial charge in [0.15, 0.2) is 0 Å². The number of fused-ring (bicyclic) bond motifs is 6. The lowest BCUT2D eigenvalue weighted by Crippen LogP contribution is -1.91. The molecule has 1 heteroatoms. The monoisotopic (exact) mass is 472 g/mol. The highest BCUT2D eigenvalue weighted by molar-refractivity contribution is 6.22. The van der Waals surface area contributed by atoms with E-state index in [9.17, 15) is 0 Å². The minimum absolute atomic E-state index is 0.388. The van der Waals surface area contributed by atoms with Crippen LogP contribution in [0.25, 0.3) is 76.5 Å². The molecule has 7 aromatic carbocycles. The molecule has 0 aliphatic rings. The Morgan fingerprint density at radius 2 is 1.05 bits per heavy atom. The van der Waals surface area contributed by atoms with E-state index in [-0.39, 0.29) is 0 Å². The molecule has 0 saturated heterocycles. The zero-order chi connectivity index (χ0) is 26.1. The Morgan fingerprint density at radius 3 is 1.76 bits per heavy atom. The van der Waals surface area contributed by atoms with Crippen LogP contribution in [0, 0.1) is 0 Å². The van der Waals surface area contributed by atoms with Crippen molar-refractivity contribution in [2.75, 3.05) is 0 Å². The van der Waals surface area contributed by atoms with Crippen LogP contribution in [-0.4, -0.2) is 0 Å². The lowest BCUT2D eigenvalue weighted by molar-refractivity contribution is 0.669. The van der Waals surface area contributed by atoms with Crippen molar-refractivity contribution in [1.29, 1.82) is 0 Å². The molecule has 0 bridgehead atoms. The molecule has 0 atom stereocenters. The summed E-state index contributed by atoms with van der Waals surface area (Å²) in [6.07, 6.45) is 0. The Kier molecular flexibility index (Phi) is 3.88. The molecule has 0 spiro atoms. The highest BCUT2D eigenvalue weighted by atomic mass is 16.3. The quantitative estimate of drug-likeness (QED) is 0.228. The van der Waals surface area contributed by atoms with E-state index >= 15 is 0 Å². The van der Waals surface area contributed by atoms with E-state index in [0.717, 1.165) is 54.6 Å². The maximum Gasteiger partial charge on any atom is 0.135 e. The van der Waals surface area contributed by atoms with Crippen LogP contribution in [0.3, 0.4) is 0 Å². The van der Waals surface area contributed by atoms with Crippen molar-refractivity contribution in [2.45, 2.75) is 0 Å². The van der Waals surface area contributed by atoms with Gasteiger partial charge in [0.05, 0.1) is 2.74 Å². The molecule has 0 aliphatic carbocycles. The van der Waals surface area contributed by atoms with E-state index in [4.69, 9.17) is 7.16 Å². The number of benzene rings is 7. The lowest BCUT2D eigenvalue weighted by Gasteiger charge is -2.18. The molecular weight excluding hydrogens is 448 g/mol. The van der Waals surface area contributed by atoms with Crippen LogP contribution >= 0.6 is 0 Å². The Balaban J connectivity index is 1.48. The van der Waals surface area contributed by atoms with Gasteiger partial charge < -0.3 is 4.42 Å². The van der Waals surface area contributed by atoms with E-state index < -0.39 is 0 Å². The average Bonchev–Trinajstić information content (AvgIpc) is 3.35. The van der Waals surface area contributed by atoms with Gasteiger partial charge in [0.1, 0.15) is 11.2 Å².